The smallest absolute Gasteiger partial charge is 0.263 e. The number of piperidine rings is 1. The lowest BCUT2D eigenvalue weighted by molar-refractivity contribution is -0.140. The lowest BCUT2D eigenvalue weighted by atomic mass is 10.1. The normalized spacial score (nSPS) is 16.3. The second kappa shape index (κ2) is 10.8. The first-order valence-electron chi connectivity index (χ1n) is 12.3. The Balaban J connectivity index is 1.37. The average Bonchev–Trinajstić information content (AvgIpc) is 2.90. The van der Waals surface area contributed by atoms with Gasteiger partial charge in [-0.05, 0) is 68.7 Å². The molecule has 9 heteroatoms. The summed E-state index contributed by atoms with van der Waals surface area (Å²) in [6.07, 6.45) is 3.45. The Morgan fingerprint density at radius 2 is 2.00 bits per heavy atom. The van der Waals surface area contributed by atoms with E-state index >= 15 is 0 Å². The number of hydrogen-bond acceptors (Lipinski definition) is 8. The first kappa shape index (κ1) is 24.5. The summed E-state index contributed by atoms with van der Waals surface area (Å²) in [4.78, 5) is 27.7. The standard InChI is InChI=1S/C28H29N5O4/c1-18-15-20(11-12-23(18)37-25-10-3-4-13-29-25)32-27-26-22(30-17-31-27)8-5-9-24(26)36-19(2)28(35)33-14-6-7-21(34)16-33/h3-5,8-13,15,17,19,21,34H,6-7,14,16H2,1-2H3,(H,30,31,32)/t19-,21-/m1/s1. The van der Waals surface area contributed by atoms with Gasteiger partial charge in [0, 0.05) is 31.0 Å². The molecule has 0 bridgehead atoms. The Morgan fingerprint density at radius 3 is 2.78 bits per heavy atom. The second-order valence-corrected chi connectivity index (χ2v) is 9.09. The molecule has 2 N–H and O–H groups in total. The van der Waals surface area contributed by atoms with Gasteiger partial charge in [0.1, 0.15) is 23.6 Å². The second-order valence-electron chi connectivity index (χ2n) is 9.09. The van der Waals surface area contributed by atoms with Crippen molar-refractivity contribution >= 4 is 28.3 Å². The van der Waals surface area contributed by atoms with E-state index in [2.05, 4.69) is 20.3 Å². The number of hydrogen-bond donors (Lipinski definition) is 2. The Kier molecular flexibility index (Phi) is 7.14. The molecular formula is C28H29N5O4. The first-order valence-corrected chi connectivity index (χ1v) is 12.3. The number of nitrogens with zero attached hydrogens (tertiary/aromatic N) is 4. The molecular weight excluding hydrogens is 470 g/mol. The molecule has 0 unspecified atom stereocenters. The fourth-order valence-electron chi connectivity index (χ4n) is 4.42. The summed E-state index contributed by atoms with van der Waals surface area (Å²) >= 11 is 0. The number of β-amino-alcohol motifs (C(OH)–C–C–N with tert-alkyl or cyclic N) is 1. The monoisotopic (exact) mass is 499 g/mol. The molecule has 1 saturated heterocycles. The number of aryl methyl sites for hydroxylation is 1. The predicted octanol–water partition coefficient (Wildman–Crippen LogP) is 4.62. The van der Waals surface area contributed by atoms with Gasteiger partial charge >= 0.3 is 0 Å². The van der Waals surface area contributed by atoms with Crippen LogP contribution in [0.2, 0.25) is 0 Å². The molecule has 37 heavy (non-hydrogen) atoms. The number of benzene rings is 2. The minimum absolute atomic E-state index is 0.152. The van der Waals surface area contributed by atoms with Gasteiger partial charge in [0.2, 0.25) is 5.88 Å². The third-order valence-corrected chi connectivity index (χ3v) is 6.27. The molecule has 1 fully saturated rings. The van der Waals surface area contributed by atoms with Crippen molar-refractivity contribution in [1.29, 1.82) is 0 Å². The molecule has 1 amide bonds. The van der Waals surface area contributed by atoms with Crippen LogP contribution < -0.4 is 14.8 Å². The fourth-order valence-corrected chi connectivity index (χ4v) is 4.42. The average molecular weight is 500 g/mol. The third kappa shape index (κ3) is 5.62. The van der Waals surface area contributed by atoms with Crippen LogP contribution in [0.3, 0.4) is 0 Å². The van der Waals surface area contributed by atoms with Crippen molar-refractivity contribution in [3.8, 4) is 17.4 Å². The molecule has 0 spiro atoms. The van der Waals surface area contributed by atoms with Gasteiger partial charge in [-0.25, -0.2) is 15.0 Å². The van der Waals surface area contributed by atoms with Gasteiger partial charge in [-0.15, -0.1) is 0 Å². The fraction of sp³-hybridized carbons (Fsp3) is 0.286. The minimum Gasteiger partial charge on any atom is -0.480 e. The van der Waals surface area contributed by atoms with Gasteiger partial charge in [0.25, 0.3) is 5.91 Å². The van der Waals surface area contributed by atoms with Crippen molar-refractivity contribution < 1.29 is 19.4 Å². The zero-order chi connectivity index (χ0) is 25.8. The Bertz CT molecular complexity index is 1390. The molecule has 4 aromatic rings. The highest BCUT2D eigenvalue weighted by Gasteiger charge is 2.27. The molecule has 0 aliphatic carbocycles. The predicted molar refractivity (Wildman–Crippen MR) is 140 cm³/mol. The van der Waals surface area contributed by atoms with E-state index < -0.39 is 12.2 Å². The topological polar surface area (TPSA) is 110 Å². The van der Waals surface area contributed by atoms with E-state index in [9.17, 15) is 9.90 Å². The number of likely N-dealkylation sites (tertiary alicyclic amines) is 1. The van der Waals surface area contributed by atoms with Gasteiger partial charge in [-0.3, -0.25) is 4.79 Å². The number of aromatic nitrogens is 3. The maximum atomic E-state index is 13.0. The number of nitrogens with one attached hydrogen (secondary N) is 1. The van der Waals surface area contributed by atoms with Crippen molar-refractivity contribution in [3.05, 3.63) is 72.7 Å². The molecule has 0 saturated carbocycles. The highest BCUT2D eigenvalue weighted by Crippen LogP contribution is 2.34. The van der Waals surface area contributed by atoms with Crippen molar-refractivity contribution in [2.75, 3.05) is 18.4 Å². The summed E-state index contributed by atoms with van der Waals surface area (Å²) in [6.45, 7) is 4.63. The van der Waals surface area contributed by atoms with Crippen molar-refractivity contribution in [2.24, 2.45) is 0 Å². The number of rotatable bonds is 7. The van der Waals surface area contributed by atoms with Gasteiger partial charge in [-0.1, -0.05) is 12.1 Å². The number of carbonyl (C=O) groups is 1. The van der Waals surface area contributed by atoms with E-state index in [0.717, 1.165) is 17.7 Å². The molecule has 9 nitrogen and oxygen atoms in total. The summed E-state index contributed by atoms with van der Waals surface area (Å²) < 4.78 is 12.0. The van der Waals surface area contributed by atoms with Crippen LogP contribution in [0.5, 0.6) is 17.4 Å². The van der Waals surface area contributed by atoms with E-state index in [4.69, 9.17) is 9.47 Å². The third-order valence-electron chi connectivity index (χ3n) is 6.27. The SMILES string of the molecule is Cc1cc(Nc2ncnc3cccc(O[C@H](C)C(=O)N4CCC[C@@H](O)C4)c23)ccc1Oc1ccccn1. The van der Waals surface area contributed by atoms with Gasteiger partial charge in [0.15, 0.2) is 6.10 Å². The van der Waals surface area contributed by atoms with Crippen molar-refractivity contribution in [2.45, 2.75) is 38.9 Å². The Morgan fingerprint density at radius 1 is 1.11 bits per heavy atom. The number of aliphatic hydroxyl groups excluding tert-OH is 1. The lowest BCUT2D eigenvalue weighted by Gasteiger charge is -2.32. The number of ether oxygens (including phenoxy) is 2. The number of amides is 1. The molecule has 190 valence electrons. The summed E-state index contributed by atoms with van der Waals surface area (Å²) in [5.74, 6) is 2.15. The van der Waals surface area contributed by atoms with E-state index in [1.165, 1.54) is 6.33 Å². The molecule has 2 aromatic heterocycles. The maximum absolute atomic E-state index is 13.0. The number of anilines is 2. The zero-order valence-electron chi connectivity index (χ0n) is 20.8. The van der Waals surface area contributed by atoms with E-state index in [1.807, 2.05) is 49.4 Å². The molecule has 2 aromatic carbocycles. The molecule has 3 heterocycles. The zero-order valence-corrected chi connectivity index (χ0v) is 20.8. The molecule has 1 aliphatic heterocycles. The number of carbonyl (C=O) groups excluding carboxylic acids is 1. The van der Waals surface area contributed by atoms with Gasteiger partial charge in [0.05, 0.1) is 17.0 Å². The molecule has 5 rings (SSSR count). The quantitative estimate of drug-likeness (QED) is 0.379. The van der Waals surface area contributed by atoms with Crippen molar-refractivity contribution in [1.82, 2.24) is 19.9 Å². The van der Waals surface area contributed by atoms with Crippen LogP contribution in [0, 0.1) is 6.92 Å². The largest absolute Gasteiger partial charge is 0.480 e. The summed E-state index contributed by atoms with van der Waals surface area (Å²) in [5.41, 5.74) is 2.43. The van der Waals surface area contributed by atoms with Crippen LogP contribution in [0.15, 0.2) is 67.1 Å². The van der Waals surface area contributed by atoms with Crippen molar-refractivity contribution in [3.63, 3.8) is 0 Å². The Labute approximate surface area is 215 Å². The highest BCUT2D eigenvalue weighted by molar-refractivity contribution is 5.96. The molecule has 2 atom stereocenters. The highest BCUT2D eigenvalue weighted by atomic mass is 16.5. The molecule has 0 radical (unpaired) electrons. The summed E-state index contributed by atoms with van der Waals surface area (Å²) in [6, 6.07) is 16.8. The number of pyridine rings is 1. The summed E-state index contributed by atoms with van der Waals surface area (Å²) in [5, 5.41) is 14.0. The number of fused-ring (bicyclic) bond motifs is 1. The van der Waals surface area contributed by atoms with Gasteiger partial charge < -0.3 is 24.8 Å². The molecule has 1 aliphatic rings. The lowest BCUT2D eigenvalue weighted by Crippen LogP contribution is -2.47. The van der Waals surface area contributed by atoms with Crippen LogP contribution in [-0.4, -0.2) is 56.2 Å². The van der Waals surface area contributed by atoms with Crippen LogP contribution in [0.4, 0.5) is 11.5 Å². The minimum atomic E-state index is -0.728. The van der Waals surface area contributed by atoms with Crippen LogP contribution in [-0.2, 0) is 4.79 Å². The number of aliphatic hydroxyl groups is 1. The van der Waals surface area contributed by atoms with Crippen LogP contribution in [0.25, 0.3) is 10.9 Å². The summed E-state index contributed by atoms with van der Waals surface area (Å²) in [7, 11) is 0. The van der Waals surface area contributed by atoms with Gasteiger partial charge in [-0.2, -0.15) is 0 Å². The Hall–Kier alpha value is -4.24. The maximum Gasteiger partial charge on any atom is 0.263 e. The van der Waals surface area contributed by atoms with E-state index in [1.54, 1.807) is 30.2 Å². The van der Waals surface area contributed by atoms with E-state index in [-0.39, 0.29) is 5.91 Å². The van der Waals surface area contributed by atoms with Crippen LogP contribution >= 0.6 is 0 Å². The van der Waals surface area contributed by atoms with E-state index in [0.29, 0.717) is 53.6 Å². The van der Waals surface area contributed by atoms with Crippen LogP contribution in [0.1, 0.15) is 25.3 Å². The first-order chi connectivity index (χ1) is 18.0.